The maximum Gasteiger partial charge on any atom is 0.00192 e. The molecule has 0 amide bonds. The molecule has 168 valence electrons. The van der Waals surface area contributed by atoms with Crippen molar-refractivity contribution >= 4 is 22.4 Å². The van der Waals surface area contributed by atoms with Crippen molar-refractivity contribution in [2.24, 2.45) is 11.8 Å². The zero-order valence-corrected chi connectivity index (χ0v) is 20.0. The van der Waals surface area contributed by atoms with E-state index in [2.05, 4.69) is 110 Å². The standard InChI is InChI=1S/C34H32/c1-2-3-11-24-18-19-27-23-28(21-20-26(27)22-24)34-31-16-9-7-14-29(31)33(25-12-5-4-6-13-25)30-15-8-10-17-32(30)34/h3-7,9-14,16-19,22-23,26-27H,2,8,15,20-21H2,1H3/b11-3-. The van der Waals surface area contributed by atoms with Gasteiger partial charge in [-0.3, -0.25) is 0 Å². The number of rotatable bonds is 4. The normalized spacial score (nSPS) is 21.3. The van der Waals surface area contributed by atoms with Crippen molar-refractivity contribution < 1.29 is 0 Å². The highest BCUT2D eigenvalue weighted by molar-refractivity contribution is 6.07. The molecule has 0 radical (unpaired) electrons. The second-order valence-corrected chi connectivity index (χ2v) is 9.80. The predicted octanol–water partition coefficient (Wildman–Crippen LogP) is 9.34. The molecule has 0 aromatic heterocycles. The van der Waals surface area contributed by atoms with Crippen molar-refractivity contribution in [3.8, 4) is 11.1 Å². The molecule has 2 unspecified atom stereocenters. The van der Waals surface area contributed by atoms with E-state index in [1.54, 1.807) is 0 Å². The molecule has 3 aromatic carbocycles. The highest BCUT2D eigenvalue weighted by Crippen LogP contribution is 2.46. The Bertz CT molecular complexity index is 1370. The molecule has 0 bridgehead atoms. The van der Waals surface area contributed by atoms with E-state index in [1.165, 1.54) is 56.2 Å². The fraction of sp³-hybridized carbons (Fsp3) is 0.235. The molecule has 2 atom stereocenters. The molecule has 6 rings (SSSR count). The van der Waals surface area contributed by atoms with Crippen LogP contribution in [0.4, 0.5) is 0 Å². The second kappa shape index (κ2) is 9.11. The van der Waals surface area contributed by atoms with E-state index < -0.39 is 0 Å². The van der Waals surface area contributed by atoms with Gasteiger partial charge >= 0.3 is 0 Å². The van der Waals surface area contributed by atoms with Crippen molar-refractivity contribution in [2.75, 3.05) is 0 Å². The summed E-state index contributed by atoms with van der Waals surface area (Å²) in [5.41, 5.74) is 10.1. The smallest absolute Gasteiger partial charge is 0.00192 e. The van der Waals surface area contributed by atoms with Gasteiger partial charge in [-0.2, -0.15) is 0 Å². The molecular formula is C34H32. The number of hydrogen-bond donors (Lipinski definition) is 0. The lowest BCUT2D eigenvalue weighted by molar-refractivity contribution is 0.496. The molecule has 0 spiro atoms. The van der Waals surface area contributed by atoms with Crippen LogP contribution in [0.25, 0.3) is 33.5 Å². The topological polar surface area (TPSA) is 0 Å². The predicted molar refractivity (Wildman–Crippen MR) is 148 cm³/mol. The Hall–Kier alpha value is -3.38. The lowest BCUT2D eigenvalue weighted by atomic mass is 9.73. The first-order valence-electron chi connectivity index (χ1n) is 12.9. The Morgan fingerprint density at radius 3 is 2.47 bits per heavy atom. The van der Waals surface area contributed by atoms with Gasteiger partial charge in [-0.05, 0) is 87.8 Å². The van der Waals surface area contributed by atoms with Crippen LogP contribution in [0.5, 0.6) is 0 Å². The van der Waals surface area contributed by atoms with E-state index in [-0.39, 0.29) is 0 Å². The van der Waals surface area contributed by atoms with Crippen molar-refractivity contribution in [3.05, 3.63) is 119 Å². The fourth-order valence-corrected chi connectivity index (χ4v) is 6.11. The van der Waals surface area contributed by atoms with Crippen LogP contribution in [0.1, 0.15) is 49.3 Å². The van der Waals surface area contributed by atoms with Crippen LogP contribution < -0.4 is 0 Å². The molecule has 0 fully saturated rings. The molecule has 0 saturated heterocycles. The maximum absolute atomic E-state index is 2.58. The van der Waals surface area contributed by atoms with Crippen LogP contribution >= 0.6 is 0 Å². The summed E-state index contributed by atoms with van der Waals surface area (Å²) in [5.74, 6) is 1.12. The number of fused-ring (bicyclic) bond motifs is 3. The van der Waals surface area contributed by atoms with Gasteiger partial charge in [0.15, 0.2) is 0 Å². The first-order valence-corrected chi connectivity index (χ1v) is 12.9. The summed E-state index contributed by atoms with van der Waals surface area (Å²) in [5, 5.41) is 2.80. The van der Waals surface area contributed by atoms with Crippen molar-refractivity contribution in [1.82, 2.24) is 0 Å². The van der Waals surface area contributed by atoms with Gasteiger partial charge in [-0.15, -0.1) is 0 Å². The Labute approximate surface area is 203 Å². The number of benzene rings is 3. The molecule has 0 saturated carbocycles. The van der Waals surface area contributed by atoms with Gasteiger partial charge in [0.2, 0.25) is 0 Å². The van der Waals surface area contributed by atoms with E-state index in [9.17, 15) is 0 Å². The molecule has 0 heteroatoms. The van der Waals surface area contributed by atoms with Gasteiger partial charge in [0, 0.05) is 5.92 Å². The van der Waals surface area contributed by atoms with E-state index in [1.807, 2.05) is 0 Å². The number of hydrogen-bond acceptors (Lipinski definition) is 0. The zero-order valence-electron chi connectivity index (χ0n) is 20.0. The minimum absolute atomic E-state index is 0.498. The summed E-state index contributed by atoms with van der Waals surface area (Å²) >= 11 is 0. The van der Waals surface area contributed by atoms with Gasteiger partial charge in [-0.1, -0.05) is 110 Å². The van der Waals surface area contributed by atoms with E-state index >= 15 is 0 Å². The summed E-state index contributed by atoms with van der Waals surface area (Å²) in [6, 6.07) is 20.1. The SMILES string of the molecule is CC/C=C\C1=CC2CCC(c3c4c(c(-c5ccccc5)c5ccccc35)CCC=C4)=CC2C=C1. The van der Waals surface area contributed by atoms with Crippen LogP contribution in [0.2, 0.25) is 0 Å². The Kier molecular flexibility index (Phi) is 5.67. The van der Waals surface area contributed by atoms with Crippen molar-refractivity contribution in [2.45, 2.75) is 39.0 Å². The Morgan fingerprint density at radius 2 is 1.65 bits per heavy atom. The molecule has 0 N–H and O–H groups in total. The summed E-state index contributed by atoms with van der Waals surface area (Å²) in [6.07, 6.45) is 24.8. The molecule has 3 aliphatic carbocycles. The minimum Gasteiger partial charge on any atom is -0.0842 e. The Balaban J connectivity index is 1.52. The lowest BCUT2D eigenvalue weighted by Crippen LogP contribution is -2.17. The quantitative estimate of drug-likeness (QED) is 0.379. The van der Waals surface area contributed by atoms with E-state index in [0.717, 1.165) is 25.7 Å². The molecule has 3 aromatic rings. The highest BCUT2D eigenvalue weighted by Gasteiger charge is 2.28. The Morgan fingerprint density at radius 1 is 0.853 bits per heavy atom. The minimum atomic E-state index is 0.498. The van der Waals surface area contributed by atoms with E-state index in [0.29, 0.717) is 11.8 Å². The third kappa shape index (κ3) is 3.72. The largest absolute Gasteiger partial charge is 0.0842 e. The van der Waals surface area contributed by atoms with E-state index in [4.69, 9.17) is 0 Å². The summed E-state index contributed by atoms with van der Waals surface area (Å²) in [7, 11) is 0. The molecular weight excluding hydrogens is 408 g/mol. The van der Waals surface area contributed by atoms with Gasteiger partial charge in [-0.25, -0.2) is 0 Å². The van der Waals surface area contributed by atoms with Gasteiger partial charge in [0.25, 0.3) is 0 Å². The molecule has 0 nitrogen and oxygen atoms in total. The van der Waals surface area contributed by atoms with Crippen LogP contribution in [0, 0.1) is 11.8 Å². The molecule has 0 aliphatic heterocycles. The average molecular weight is 441 g/mol. The van der Waals surface area contributed by atoms with Crippen molar-refractivity contribution in [3.63, 3.8) is 0 Å². The first-order chi connectivity index (χ1) is 16.8. The summed E-state index contributed by atoms with van der Waals surface area (Å²) in [4.78, 5) is 0. The maximum atomic E-state index is 2.58. The van der Waals surface area contributed by atoms with Crippen LogP contribution in [-0.4, -0.2) is 0 Å². The van der Waals surface area contributed by atoms with Crippen LogP contribution in [0.15, 0.2) is 103 Å². The van der Waals surface area contributed by atoms with Crippen LogP contribution in [0.3, 0.4) is 0 Å². The van der Waals surface area contributed by atoms with Crippen molar-refractivity contribution in [1.29, 1.82) is 0 Å². The average Bonchev–Trinajstić information content (AvgIpc) is 2.90. The second-order valence-electron chi connectivity index (χ2n) is 9.80. The lowest BCUT2D eigenvalue weighted by Gasteiger charge is -2.31. The van der Waals surface area contributed by atoms with Gasteiger partial charge < -0.3 is 0 Å². The van der Waals surface area contributed by atoms with Crippen LogP contribution in [-0.2, 0) is 6.42 Å². The monoisotopic (exact) mass is 440 g/mol. The van der Waals surface area contributed by atoms with Gasteiger partial charge in [0.1, 0.15) is 0 Å². The molecule has 34 heavy (non-hydrogen) atoms. The third-order valence-corrected chi connectivity index (χ3v) is 7.69. The molecule has 0 heterocycles. The van der Waals surface area contributed by atoms with Gasteiger partial charge in [0.05, 0.1) is 0 Å². The zero-order chi connectivity index (χ0) is 22.9. The number of allylic oxidation sites excluding steroid dienone is 9. The fourth-order valence-electron chi connectivity index (χ4n) is 6.11. The molecule has 3 aliphatic rings. The summed E-state index contributed by atoms with van der Waals surface area (Å²) < 4.78 is 0. The first kappa shape index (κ1) is 21.2. The summed E-state index contributed by atoms with van der Waals surface area (Å²) in [6.45, 7) is 2.20. The highest BCUT2D eigenvalue weighted by atomic mass is 14.3. The third-order valence-electron chi connectivity index (χ3n) is 7.69.